The van der Waals surface area contributed by atoms with Crippen LogP contribution in [0.25, 0.3) is 0 Å². The number of nitrogens with one attached hydrogen (secondary N) is 2. The number of hydrazone groups is 1. The molecule has 2 aromatic carbocycles. The molecule has 0 saturated heterocycles. The monoisotopic (exact) mass is 482 g/mol. The number of primary amides is 1. The summed E-state index contributed by atoms with van der Waals surface area (Å²) in [5, 5.41) is 6.50. The molecule has 2 aromatic rings. The van der Waals surface area contributed by atoms with Gasteiger partial charge in [-0.2, -0.15) is 5.10 Å². The van der Waals surface area contributed by atoms with Gasteiger partial charge in [-0.05, 0) is 45.9 Å². The number of methoxy groups -OCH3 is 1. The van der Waals surface area contributed by atoms with Crippen molar-refractivity contribution in [1.82, 2.24) is 10.7 Å². The summed E-state index contributed by atoms with van der Waals surface area (Å²) in [6.45, 7) is 0.287. The van der Waals surface area contributed by atoms with Gasteiger partial charge in [0.05, 0.1) is 16.9 Å². The second-order valence-corrected chi connectivity index (χ2v) is 6.48. The van der Waals surface area contributed by atoms with Crippen molar-refractivity contribution in [3.8, 4) is 11.5 Å². The van der Waals surface area contributed by atoms with Crippen LogP contribution in [-0.2, 0) is 11.3 Å². The number of halogens is 1. The van der Waals surface area contributed by atoms with Gasteiger partial charge in [0.1, 0.15) is 0 Å². The van der Waals surface area contributed by atoms with Crippen LogP contribution in [0.15, 0.2) is 47.6 Å². The quantitative estimate of drug-likeness (QED) is 0.303. The first kappa shape index (κ1) is 20.5. The highest BCUT2D eigenvalue weighted by atomic mass is 127. The van der Waals surface area contributed by atoms with E-state index < -0.39 is 6.03 Å². The van der Waals surface area contributed by atoms with E-state index in [0.717, 1.165) is 9.13 Å². The molecule has 0 saturated carbocycles. The fraction of sp³-hybridized carbons (Fsp3) is 0.167. The zero-order chi connectivity index (χ0) is 19.6. The van der Waals surface area contributed by atoms with Crippen molar-refractivity contribution in [3.63, 3.8) is 0 Å². The van der Waals surface area contributed by atoms with Gasteiger partial charge in [0.15, 0.2) is 18.1 Å². The topological polar surface area (TPSA) is 115 Å². The van der Waals surface area contributed by atoms with Crippen LogP contribution in [-0.4, -0.2) is 31.9 Å². The normalized spacial score (nSPS) is 10.4. The van der Waals surface area contributed by atoms with Crippen molar-refractivity contribution < 1.29 is 19.1 Å². The molecule has 8 nitrogen and oxygen atoms in total. The number of amides is 3. The molecule has 0 bridgehead atoms. The molecule has 0 aliphatic carbocycles. The summed E-state index contributed by atoms with van der Waals surface area (Å²) in [6.07, 6.45) is 1.42. The average molecular weight is 482 g/mol. The van der Waals surface area contributed by atoms with Gasteiger partial charge in [-0.15, -0.1) is 0 Å². The minimum atomic E-state index is -0.755. The molecule has 142 valence electrons. The Morgan fingerprint density at radius 1 is 1.26 bits per heavy atom. The van der Waals surface area contributed by atoms with Crippen molar-refractivity contribution in [2.24, 2.45) is 10.8 Å². The Balaban J connectivity index is 1.97. The minimum absolute atomic E-state index is 0.143. The summed E-state index contributed by atoms with van der Waals surface area (Å²) in [5.41, 5.74) is 8.74. The zero-order valence-corrected chi connectivity index (χ0v) is 16.7. The molecule has 27 heavy (non-hydrogen) atoms. The van der Waals surface area contributed by atoms with Crippen LogP contribution >= 0.6 is 22.6 Å². The summed E-state index contributed by atoms with van der Waals surface area (Å²) in [7, 11) is 1.50. The fourth-order valence-corrected chi connectivity index (χ4v) is 2.89. The summed E-state index contributed by atoms with van der Waals surface area (Å²) in [5.74, 6) is 0.652. The van der Waals surface area contributed by atoms with E-state index in [0.29, 0.717) is 23.6 Å². The van der Waals surface area contributed by atoms with Crippen molar-refractivity contribution in [1.29, 1.82) is 0 Å². The van der Waals surface area contributed by atoms with Crippen LogP contribution in [0.1, 0.15) is 11.1 Å². The maximum atomic E-state index is 12.0. The first-order valence-electron chi connectivity index (χ1n) is 7.89. The Morgan fingerprint density at radius 3 is 2.67 bits per heavy atom. The number of hydrogen-bond donors (Lipinski definition) is 3. The summed E-state index contributed by atoms with van der Waals surface area (Å²) < 4.78 is 11.7. The van der Waals surface area contributed by atoms with Crippen LogP contribution in [0.2, 0.25) is 0 Å². The van der Waals surface area contributed by atoms with E-state index in [9.17, 15) is 9.59 Å². The van der Waals surface area contributed by atoms with Gasteiger partial charge in [-0.1, -0.05) is 30.3 Å². The molecule has 0 atom stereocenters. The van der Waals surface area contributed by atoms with E-state index >= 15 is 0 Å². The van der Waals surface area contributed by atoms with Gasteiger partial charge < -0.3 is 20.5 Å². The Labute approximate surface area is 170 Å². The Bertz CT molecular complexity index is 828. The molecule has 3 amide bonds. The highest BCUT2D eigenvalue weighted by Crippen LogP contribution is 2.33. The molecule has 4 N–H and O–H groups in total. The van der Waals surface area contributed by atoms with Crippen molar-refractivity contribution in [2.75, 3.05) is 13.7 Å². The van der Waals surface area contributed by atoms with Crippen LogP contribution < -0.4 is 25.9 Å². The van der Waals surface area contributed by atoms with Gasteiger partial charge in [0, 0.05) is 6.54 Å². The molecule has 0 aliphatic rings. The third kappa shape index (κ3) is 6.77. The predicted molar refractivity (Wildman–Crippen MR) is 110 cm³/mol. The second kappa shape index (κ2) is 10.4. The number of ether oxygens (including phenoxy) is 2. The fourth-order valence-electron chi connectivity index (χ4n) is 2.11. The number of carbonyl (C=O) groups is 2. The van der Waals surface area contributed by atoms with E-state index in [4.69, 9.17) is 15.2 Å². The maximum Gasteiger partial charge on any atom is 0.332 e. The van der Waals surface area contributed by atoms with E-state index in [1.54, 1.807) is 12.1 Å². The van der Waals surface area contributed by atoms with Crippen LogP contribution in [0.4, 0.5) is 4.79 Å². The summed E-state index contributed by atoms with van der Waals surface area (Å²) >= 11 is 2.07. The molecule has 0 aliphatic heterocycles. The van der Waals surface area contributed by atoms with Crippen molar-refractivity contribution in [2.45, 2.75) is 6.54 Å². The maximum absolute atomic E-state index is 12.0. The molecule has 2 rings (SSSR count). The average Bonchev–Trinajstić information content (AvgIpc) is 2.65. The number of rotatable bonds is 8. The van der Waals surface area contributed by atoms with Crippen LogP contribution in [0.5, 0.6) is 11.5 Å². The first-order valence-corrected chi connectivity index (χ1v) is 8.97. The predicted octanol–water partition coefficient (Wildman–Crippen LogP) is 2.00. The van der Waals surface area contributed by atoms with E-state index in [1.807, 2.05) is 30.3 Å². The molecule has 0 aromatic heterocycles. The lowest BCUT2D eigenvalue weighted by Gasteiger charge is -2.13. The molecular weight excluding hydrogens is 463 g/mol. The lowest BCUT2D eigenvalue weighted by atomic mass is 10.2. The second-order valence-electron chi connectivity index (χ2n) is 5.32. The van der Waals surface area contributed by atoms with Crippen LogP contribution in [0.3, 0.4) is 0 Å². The van der Waals surface area contributed by atoms with Gasteiger partial charge in [-0.25, -0.2) is 10.2 Å². The van der Waals surface area contributed by atoms with Crippen LogP contribution in [0, 0.1) is 3.57 Å². The number of urea groups is 1. The Hall–Kier alpha value is -2.82. The number of nitrogens with two attached hydrogens (primary N) is 1. The largest absolute Gasteiger partial charge is 0.493 e. The van der Waals surface area contributed by atoms with Gasteiger partial charge in [0.2, 0.25) is 0 Å². The lowest BCUT2D eigenvalue weighted by molar-refractivity contribution is -0.123. The number of carbonyl (C=O) groups excluding carboxylic acids is 2. The van der Waals surface area contributed by atoms with Gasteiger partial charge in [0.25, 0.3) is 5.91 Å². The molecule has 0 radical (unpaired) electrons. The Kier molecular flexibility index (Phi) is 7.86. The summed E-state index contributed by atoms with van der Waals surface area (Å²) in [4.78, 5) is 22.7. The van der Waals surface area contributed by atoms with E-state index in [1.165, 1.54) is 13.3 Å². The first-order chi connectivity index (χ1) is 13.0. The number of benzene rings is 2. The molecule has 0 fully saturated rings. The van der Waals surface area contributed by atoms with Crippen molar-refractivity contribution in [3.05, 3.63) is 57.2 Å². The smallest absolute Gasteiger partial charge is 0.332 e. The molecular formula is C18H19IN4O4. The highest BCUT2D eigenvalue weighted by Gasteiger charge is 2.13. The molecule has 9 heteroatoms. The third-order valence-corrected chi connectivity index (χ3v) is 4.12. The lowest BCUT2D eigenvalue weighted by Crippen LogP contribution is -2.28. The highest BCUT2D eigenvalue weighted by molar-refractivity contribution is 14.1. The molecule has 0 spiro atoms. The SMILES string of the molecule is COc1cc(/C=N/NC(N)=O)cc(I)c1OCC(=O)NCc1ccccc1. The molecule has 0 unspecified atom stereocenters. The van der Waals surface area contributed by atoms with Gasteiger partial charge in [-0.3, -0.25) is 4.79 Å². The number of hydrogen-bond acceptors (Lipinski definition) is 5. The number of nitrogens with zero attached hydrogens (tertiary/aromatic N) is 1. The Morgan fingerprint density at radius 2 is 2.00 bits per heavy atom. The molecule has 0 heterocycles. The minimum Gasteiger partial charge on any atom is -0.493 e. The standard InChI is InChI=1S/C18H19IN4O4/c1-26-15-8-13(10-22-23-18(20)25)7-14(19)17(15)27-11-16(24)21-9-12-5-3-2-4-6-12/h2-8,10H,9,11H2,1H3,(H,21,24)(H3,20,23,25)/b22-10+. The zero-order valence-electron chi connectivity index (χ0n) is 14.6. The van der Waals surface area contributed by atoms with Gasteiger partial charge >= 0.3 is 6.03 Å². The third-order valence-electron chi connectivity index (χ3n) is 3.32. The van der Waals surface area contributed by atoms with E-state index in [-0.39, 0.29) is 12.5 Å². The van der Waals surface area contributed by atoms with Crippen molar-refractivity contribution >= 4 is 40.7 Å². The van der Waals surface area contributed by atoms with E-state index in [2.05, 4.69) is 38.4 Å². The summed E-state index contributed by atoms with van der Waals surface area (Å²) in [6, 6.07) is 12.3.